The molecule has 1 aromatic heterocycles. The lowest BCUT2D eigenvalue weighted by atomic mass is 10.1. The number of aromatic nitrogens is 1. The molecule has 5 heteroatoms. The van der Waals surface area contributed by atoms with Gasteiger partial charge in [-0.25, -0.2) is 0 Å². The number of carbonyl (C=O) groups excluding carboxylic acids is 1. The molecule has 25 heavy (non-hydrogen) atoms. The molecule has 1 aliphatic heterocycles. The third kappa shape index (κ3) is 2.89. The Morgan fingerprint density at radius 3 is 2.72 bits per heavy atom. The highest BCUT2D eigenvalue weighted by Gasteiger charge is 2.28. The van der Waals surface area contributed by atoms with E-state index in [0.717, 1.165) is 48.9 Å². The number of ether oxygens (including phenoxy) is 1. The maximum Gasteiger partial charge on any atom is 0.270 e. The second-order valence-corrected chi connectivity index (χ2v) is 6.81. The smallest absolute Gasteiger partial charge is 0.270 e. The predicted octanol–water partition coefficient (Wildman–Crippen LogP) is 3.29. The number of nitriles is 1. The summed E-state index contributed by atoms with van der Waals surface area (Å²) in [6, 6.07) is 11.6. The Balaban J connectivity index is 1.61. The second-order valence-electron chi connectivity index (χ2n) is 6.81. The number of nitrogens with zero attached hydrogens (tertiary/aromatic N) is 3. The van der Waals surface area contributed by atoms with Gasteiger partial charge in [-0.05, 0) is 48.2 Å². The van der Waals surface area contributed by atoms with E-state index < -0.39 is 0 Å². The van der Waals surface area contributed by atoms with Crippen molar-refractivity contribution < 1.29 is 9.53 Å². The molecule has 0 saturated heterocycles. The van der Waals surface area contributed by atoms with E-state index in [2.05, 4.69) is 10.6 Å². The molecule has 128 valence electrons. The van der Waals surface area contributed by atoms with Crippen LogP contribution < -0.4 is 4.74 Å². The van der Waals surface area contributed by atoms with Crippen molar-refractivity contribution in [3.05, 3.63) is 41.6 Å². The van der Waals surface area contributed by atoms with Crippen LogP contribution in [0.1, 0.15) is 35.3 Å². The van der Waals surface area contributed by atoms with E-state index in [1.807, 2.05) is 29.2 Å². The van der Waals surface area contributed by atoms with Gasteiger partial charge in [-0.3, -0.25) is 4.79 Å². The summed E-state index contributed by atoms with van der Waals surface area (Å²) >= 11 is 0. The second kappa shape index (κ2) is 6.29. The molecular formula is C20H21N3O2. The molecule has 0 N–H and O–H groups in total. The molecule has 0 unspecified atom stereocenters. The largest absolute Gasteiger partial charge is 0.495 e. The van der Waals surface area contributed by atoms with Crippen LogP contribution in [0.15, 0.2) is 30.3 Å². The molecule has 0 bridgehead atoms. The van der Waals surface area contributed by atoms with E-state index in [4.69, 9.17) is 4.74 Å². The van der Waals surface area contributed by atoms with Crippen molar-refractivity contribution in [3.63, 3.8) is 0 Å². The lowest BCUT2D eigenvalue weighted by molar-refractivity contribution is 0.0701. The molecule has 0 radical (unpaired) electrons. The van der Waals surface area contributed by atoms with Gasteiger partial charge in [0.25, 0.3) is 5.91 Å². The molecule has 4 rings (SSSR count). The highest BCUT2D eigenvalue weighted by molar-refractivity contribution is 5.94. The minimum absolute atomic E-state index is 0.118. The van der Waals surface area contributed by atoms with Gasteiger partial charge in [0.2, 0.25) is 0 Å². The summed E-state index contributed by atoms with van der Waals surface area (Å²) in [6.07, 6.45) is 3.77. The predicted molar refractivity (Wildman–Crippen MR) is 94.4 cm³/mol. The SMILES string of the molecule is COc1ccc(-c2ccc3n2CCN(CCC2CC2)C3=O)cc1C#N. The van der Waals surface area contributed by atoms with Crippen molar-refractivity contribution in [2.24, 2.45) is 5.92 Å². The Hall–Kier alpha value is -2.74. The maximum absolute atomic E-state index is 12.8. The molecule has 2 aromatic rings. The van der Waals surface area contributed by atoms with Crippen LogP contribution in [0.3, 0.4) is 0 Å². The van der Waals surface area contributed by atoms with Crippen molar-refractivity contribution in [2.45, 2.75) is 25.8 Å². The molecule has 1 fully saturated rings. The number of hydrogen-bond donors (Lipinski definition) is 0. The number of methoxy groups -OCH3 is 1. The fraction of sp³-hybridized carbons (Fsp3) is 0.400. The van der Waals surface area contributed by atoms with E-state index >= 15 is 0 Å². The fourth-order valence-electron chi connectivity index (χ4n) is 3.54. The average Bonchev–Trinajstić information content (AvgIpc) is 3.37. The first-order valence-electron chi connectivity index (χ1n) is 8.78. The molecule has 1 aromatic carbocycles. The summed E-state index contributed by atoms with van der Waals surface area (Å²) in [5, 5.41) is 9.30. The van der Waals surface area contributed by atoms with E-state index in [9.17, 15) is 10.1 Å². The molecule has 0 spiro atoms. The van der Waals surface area contributed by atoms with Crippen molar-refractivity contribution >= 4 is 5.91 Å². The number of benzene rings is 1. The fourth-order valence-corrected chi connectivity index (χ4v) is 3.54. The Bertz CT molecular complexity index is 858. The summed E-state index contributed by atoms with van der Waals surface area (Å²) in [5.74, 6) is 1.52. The highest BCUT2D eigenvalue weighted by atomic mass is 16.5. The van der Waals surface area contributed by atoms with Gasteiger partial charge in [-0.1, -0.05) is 12.8 Å². The zero-order valence-electron chi connectivity index (χ0n) is 14.4. The summed E-state index contributed by atoms with van der Waals surface area (Å²) in [7, 11) is 1.56. The van der Waals surface area contributed by atoms with Crippen LogP contribution in [0.25, 0.3) is 11.3 Å². The minimum atomic E-state index is 0.118. The number of rotatable bonds is 5. The summed E-state index contributed by atoms with van der Waals surface area (Å²) in [5.41, 5.74) is 3.15. The first-order chi connectivity index (χ1) is 12.2. The molecule has 2 heterocycles. The Morgan fingerprint density at radius 2 is 2.00 bits per heavy atom. The first kappa shape index (κ1) is 15.8. The Morgan fingerprint density at radius 1 is 1.20 bits per heavy atom. The van der Waals surface area contributed by atoms with Gasteiger partial charge in [0.05, 0.1) is 12.7 Å². The van der Waals surface area contributed by atoms with Gasteiger partial charge >= 0.3 is 0 Å². The van der Waals surface area contributed by atoms with Crippen LogP contribution in [0, 0.1) is 17.2 Å². The zero-order valence-corrected chi connectivity index (χ0v) is 14.4. The number of fused-ring (bicyclic) bond motifs is 1. The average molecular weight is 335 g/mol. The van der Waals surface area contributed by atoms with Crippen LogP contribution in [0.5, 0.6) is 5.75 Å². The lowest BCUT2D eigenvalue weighted by Crippen LogP contribution is -2.40. The first-order valence-corrected chi connectivity index (χ1v) is 8.78. The monoisotopic (exact) mass is 335 g/mol. The normalized spacial score (nSPS) is 16.5. The molecule has 1 aliphatic carbocycles. The van der Waals surface area contributed by atoms with Crippen LogP contribution in [-0.2, 0) is 6.54 Å². The maximum atomic E-state index is 12.8. The minimum Gasteiger partial charge on any atom is -0.495 e. The Labute approximate surface area is 147 Å². The molecular weight excluding hydrogens is 314 g/mol. The van der Waals surface area contributed by atoms with Crippen molar-refractivity contribution in [3.8, 4) is 23.1 Å². The third-order valence-electron chi connectivity index (χ3n) is 5.20. The van der Waals surface area contributed by atoms with Crippen molar-refractivity contribution in [1.29, 1.82) is 5.26 Å². The van der Waals surface area contributed by atoms with E-state index in [0.29, 0.717) is 11.3 Å². The van der Waals surface area contributed by atoms with Crippen LogP contribution in [0.2, 0.25) is 0 Å². The standard InChI is InChI=1S/C20H21N3O2/c1-25-19-7-4-15(12-16(19)13-21)17-5-6-18-20(24)22(10-11-23(17)18)9-8-14-2-3-14/h4-7,12,14H,2-3,8-11H2,1H3. The van der Waals surface area contributed by atoms with Gasteiger partial charge in [-0.2, -0.15) is 5.26 Å². The molecule has 1 amide bonds. The van der Waals surface area contributed by atoms with Gasteiger partial charge < -0.3 is 14.2 Å². The molecule has 0 atom stereocenters. The van der Waals surface area contributed by atoms with Gasteiger partial charge in [0.15, 0.2) is 0 Å². The van der Waals surface area contributed by atoms with E-state index in [-0.39, 0.29) is 5.91 Å². The van der Waals surface area contributed by atoms with Crippen LogP contribution in [-0.4, -0.2) is 35.6 Å². The van der Waals surface area contributed by atoms with Crippen molar-refractivity contribution in [2.75, 3.05) is 20.2 Å². The summed E-state index contributed by atoms with van der Waals surface area (Å²) in [4.78, 5) is 14.7. The van der Waals surface area contributed by atoms with Gasteiger partial charge in [0.1, 0.15) is 17.5 Å². The molecule has 1 saturated carbocycles. The van der Waals surface area contributed by atoms with Gasteiger partial charge in [-0.15, -0.1) is 0 Å². The molecule has 5 nitrogen and oxygen atoms in total. The zero-order chi connectivity index (χ0) is 17.4. The Kier molecular flexibility index (Phi) is 3.96. The lowest BCUT2D eigenvalue weighted by Gasteiger charge is -2.29. The highest BCUT2D eigenvalue weighted by Crippen LogP contribution is 2.33. The number of amides is 1. The van der Waals surface area contributed by atoms with E-state index in [1.54, 1.807) is 13.2 Å². The van der Waals surface area contributed by atoms with Crippen LogP contribution in [0.4, 0.5) is 0 Å². The number of carbonyl (C=O) groups is 1. The van der Waals surface area contributed by atoms with Crippen LogP contribution >= 0.6 is 0 Å². The van der Waals surface area contributed by atoms with Gasteiger partial charge in [0, 0.05) is 25.3 Å². The quantitative estimate of drug-likeness (QED) is 0.842. The summed E-state index contributed by atoms with van der Waals surface area (Å²) in [6.45, 7) is 2.41. The number of hydrogen-bond acceptors (Lipinski definition) is 3. The topological polar surface area (TPSA) is 58.3 Å². The van der Waals surface area contributed by atoms with E-state index in [1.165, 1.54) is 12.8 Å². The van der Waals surface area contributed by atoms with Crippen molar-refractivity contribution in [1.82, 2.24) is 9.47 Å². The molecule has 2 aliphatic rings. The summed E-state index contributed by atoms with van der Waals surface area (Å²) < 4.78 is 7.28. The third-order valence-corrected chi connectivity index (χ3v) is 5.20.